The molecule has 0 aliphatic heterocycles. The molecule has 7 heteroatoms. The normalized spacial score (nSPS) is 18.1. The Labute approximate surface area is 106 Å². The lowest BCUT2D eigenvalue weighted by molar-refractivity contribution is 0.144. The lowest BCUT2D eigenvalue weighted by Gasteiger charge is -2.42. The van der Waals surface area contributed by atoms with Crippen molar-refractivity contribution in [3.05, 3.63) is 18.2 Å². The fourth-order valence-electron chi connectivity index (χ4n) is 2.03. The molecule has 6 N–H and O–H groups in total. The Bertz CT molecular complexity index is 547. The first-order valence-electron chi connectivity index (χ1n) is 5.68. The Kier molecular flexibility index (Phi) is 3.22. The van der Waals surface area contributed by atoms with Crippen LogP contribution in [0.3, 0.4) is 0 Å². The molecule has 1 fully saturated rings. The lowest BCUT2D eigenvalue weighted by atomic mass is 9.77. The van der Waals surface area contributed by atoms with Crippen LogP contribution in [0.1, 0.15) is 19.3 Å². The highest BCUT2D eigenvalue weighted by molar-refractivity contribution is 7.89. The van der Waals surface area contributed by atoms with Crippen molar-refractivity contribution in [3.8, 4) is 0 Å². The van der Waals surface area contributed by atoms with Crippen LogP contribution in [0, 0.1) is 0 Å². The van der Waals surface area contributed by atoms with Crippen molar-refractivity contribution in [1.29, 1.82) is 0 Å². The van der Waals surface area contributed by atoms with Crippen molar-refractivity contribution >= 4 is 21.4 Å². The smallest absolute Gasteiger partial charge is 0.238 e. The highest BCUT2D eigenvalue weighted by Gasteiger charge is 2.36. The zero-order valence-corrected chi connectivity index (χ0v) is 10.7. The average molecular weight is 271 g/mol. The van der Waals surface area contributed by atoms with Crippen molar-refractivity contribution in [2.75, 3.05) is 17.7 Å². The topological polar surface area (TPSA) is 118 Å². The van der Waals surface area contributed by atoms with Crippen LogP contribution in [0.25, 0.3) is 0 Å². The third kappa shape index (κ3) is 2.43. The zero-order chi connectivity index (χ0) is 13.4. The molecule has 1 aromatic carbocycles. The molecule has 0 atom stereocenters. The maximum Gasteiger partial charge on any atom is 0.238 e. The van der Waals surface area contributed by atoms with E-state index in [2.05, 4.69) is 5.32 Å². The van der Waals surface area contributed by atoms with Crippen LogP contribution in [0.15, 0.2) is 23.1 Å². The molecule has 0 spiro atoms. The van der Waals surface area contributed by atoms with Gasteiger partial charge in [-0.3, -0.25) is 0 Å². The Morgan fingerprint density at radius 2 is 2.06 bits per heavy atom. The highest BCUT2D eigenvalue weighted by atomic mass is 32.2. The molecular formula is C11H17N3O3S. The molecule has 0 radical (unpaired) electrons. The highest BCUT2D eigenvalue weighted by Crippen LogP contribution is 2.36. The zero-order valence-electron chi connectivity index (χ0n) is 9.89. The summed E-state index contributed by atoms with van der Waals surface area (Å²) in [5.41, 5.74) is 6.34. The summed E-state index contributed by atoms with van der Waals surface area (Å²) in [6.45, 7) is -0.00789. The molecular weight excluding hydrogens is 254 g/mol. The molecule has 2 rings (SSSR count). The molecule has 1 saturated carbocycles. The van der Waals surface area contributed by atoms with Gasteiger partial charge in [0.15, 0.2) is 0 Å². The molecule has 0 saturated heterocycles. The van der Waals surface area contributed by atoms with E-state index in [9.17, 15) is 13.5 Å². The third-order valence-electron chi connectivity index (χ3n) is 3.37. The second-order valence-corrected chi connectivity index (χ2v) is 6.27. The van der Waals surface area contributed by atoms with Gasteiger partial charge in [-0.2, -0.15) is 0 Å². The molecule has 1 aliphatic carbocycles. The van der Waals surface area contributed by atoms with Crippen LogP contribution in [0.5, 0.6) is 0 Å². The summed E-state index contributed by atoms with van der Waals surface area (Å²) in [5, 5.41) is 17.6. The number of primary sulfonamides is 1. The predicted octanol–water partition coefficient (Wildman–Crippen LogP) is 0.243. The molecule has 6 nitrogen and oxygen atoms in total. The Hall–Kier alpha value is -1.31. The van der Waals surface area contributed by atoms with Gasteiger partial charge in [0.2, 0.25) is 10.0 Å². The number of aliphatic hydroxyl groups is 1. The van der Waals surface area contributed by atoms with Crippen molar-refractivity contribution in [2.24, 2.45) is 5.14 Å². The second kappa shape index (κ2) is 4.42. The number of aliphatic hydroxyl groups excluding tert-OH is 1. The number of nitrogens with one attached hydrogen (secondary N) is 1. The van der Waals surface area contributed by atoms with Crippen LogP contribution < -0.4 is 16.2 Å². The van der Waals surface area contributed by atoms with E-state index in [1.165, 1.54) is 18.2 Å². The van der Waals surface area contributed by atoms with Gasteiger partial charge in [0.1, 0.15) is 0 Å². The van der Waals surface area contributed by atoms with E-state index in [1.807, 2.05) is 0 Å². The molecule has 0 aromatic heterocycles. The van der Waals surface area contributed by atoms with Crippen molar-refractivity contribution in [2.45, 2.75) is 29.7 Å². The Morgan fingerprint density at radius 1 is 1.39 bits per heavy atom. The molecule has 0 bridgehead atoms. The van der Waals surface area contributed by atoms with E-state index >= 15 is 0 Å². The summed E-state index contributed by atoms with van der Waals surface area (Å²) in [7, 11) is -3.75. The molecule has 100 valence electrons. The lowest BCUT2D eigenvalue weighted by Crippen LogP contribution is -2.48. The first-order chi connectivity index (χ1) is 8.36. The van der Waals surface area contributed by atoms with E-state index in [0.29, 0.717) is 11.4 Å². The Balaban J connectivity index is 2.32. The quantitative estimate of drug-likeness (QED) is 0.585. The monoisotopic (exact) mass is 271 g/mol. The summed E-state index contributed by atoms with van der Waals surface area (Å²) in [6.07, 6.45) is 2.70. The number of nitrogens with two attached hydrogens (primary N) is 2. The van der Waals surface area contributed by atoms with E-state index in [1.54, 1.807) is 0 Å². The third-order valence-corrected chi connectivity index (χ3v) is 4.28. The first-order valence-corrected chi connectivity index (χ1v) is 7.22. The summed E-state index contributed by atoms with van der Waals surface area (Å²) in [5.74, 6) is 0. The van der Waals surface area contributed by atoms with E-state index in [4.69, 9.17) is 10.9 Å². The van der Waals surface area contributed by atoms with Crippen molar-refractivity contribution in [1.82, 2.24) is 0 Å². The molecule has 1 aromatic rings. The number of hydrogen-bond acceptors (Lipinski definition) is 5. The maximum absolute atomic E-state index is 11.3. The van der Waals surface area contributed by atoms with Crippen molar-refractivity contribution < 1.29 is 13.5 Å². The number of rotatable bonds is 4. The standard InChI is InChI=1S/C11H17N3O3S/c12-9-3-2-8(18(13,16)17)6-10(9)14-11(7-15)4-1-5-11/h2-3,6,14-15H,1,4-5,7,12H2,(H2,13,16,17). The van der Waals surface area contributed by atoms with Crippen molar-refractivity contribution in [3.63, 3.8) is 0 Å². The van der Waals surface area contributed by atoms with Gasteiger partial charge < -0.3 is 16.2 Å². The minimum Gasteiger partial charge on any atom is -0.397 e. The fourth-order valence-corrected chi connectivity index (χ4v) is 2.57. The summed E-state index contributed by atoms with van der Waals surface area (Å²) in [6, 6.07) is 4.26. The minimum atomic E-state index is -3.75. The van der Waals surface area contributed by atoms with E-state index in [0.717, 1.165) is 19.3 Å². The Morgan fingerprint density at radius 3 is 2.50 bits per heavy atom. The molecule has 18 heavy (non-hydrogen) atoms. The van der Waals surface area contributed by atoms with E-state index < -0.39 is 10.0 Å². The fraction of sp³-hybridized carbons (Fsp3) is 0.455. The second-order valence-electron chi connectivity index (χ2n) is 4.71. The largest absolute Gasteiger partial charge is 0.397 e. The average Bonchev–Trinajstić information content (AvgIpc) is 2.24. The van der Waals surface area contributed by atoms with Gasteiger partial charge in [0, 0.05) is 0 Å². The minimum absolute atomic E-state index is 0.00612. The van der Waals surface area contributed by atoms with Crippen LogP contribution in [0.4, 0.5) is 11.4 Å². The number of benzene rings is 1. The van der Waals surface area contributed by atoms with Crippen LogP contribution >= 0.6 is 0 Å². The summed E-state index contributed by atoms with van der Waals surface area (Å²) in [4.78, 5) is 0.00612. The van der Waals surface area contributed by atoms with E-state index in [-0.39, 0.29) is 17.0 Å². The molecule has 1 aliphatic rings. The van der Waals surface area contributed by atoms with Gasteiger partial charge in [-0.05, 0) is 37.5 Å². The van der Waals surface area contributed by atoms with Gasteiger partial charge >= 0.3 is 0 Å². The summed E-state index contributed by atoms with van der Waals surface area (Å²) < 4.78 is 22.5. The first kappa shape index (κ1) is 13.1. The van der Waals surface area contributed by atoms with Gasteiger partial charge in [-0.25, -0.2) is 13.6 Å². The van der Waals surface area contributed by atoms with Gasteiger partial charge in [0.05, 0.1) is 28.4 Å². The van der Waals surface area contributed by atoms with Gasteiger partial charge in [0.25, 0.3) is 0 Å². The SMILES string of the molecule is Nc1ccc(S(N)(=O)=O)cc1NC1(CO)CCC1. The number of nitrogen functional groups attached to an aromatic ring is 1. The van der Waals surface area contributed by atoms with Crippen LogP contribution in [-0.2, 0) is 10.0 Å². The van der Waals surface area contributed by atoms with Gasteiger partial charge in [-0.1, -0.05) is 0 Å². The summed E-state index contributed by atoms with van der Waals surface area (Å²) >= 11 is 0. The molecule has 0 unspecified atom stereocenters. The number of sulfonamides is 1. The van der Waals surface area contributed by atoms with Gasteiger partial charge in [-0.15, -0.1) is 0 Å². The molecule has 0 amide bonds. The number of hydrogen-bond donors (Lipinski definition) is 4. The van der Waals surface area contributed by atoms with Crippen LogP contribution in [0.2, 0.25) is 0 Å². The predicted molar refractivity (Wildman–Crippen MR) is 69.5 cm³/mol. The van der Waals surface area contributed by atoms with Crippen LogP contribution in [-0.4, -0.2) is 25.7 Å². The maximum atomic E-state index is 11.3. The number of anilines is 2. The molecule has 0 heterocycles.